The van der Waals surface area contributed by atoms with Crippen molar-refractivity contribution in [1.82, 2.24) is 4.31 Å². The van der Waals surface area contributed by atoms with Gasteiger partial charge in [0.2, 0.25) is 10.0 Å². The number of ether oxygens (including phenoxy) is 1. The molecule has 0 aliphatic carbocycles. The fourth-order valence-corrected chi connectivity index (χ4v) is 4.85. The highest BCUT2D eigenvalue weighted by molar-refractivity contribution is 7.89. The highest BCUT2D eigenvalue weighted by Gasteiger charge is 2.39. The zero-order chi connectivity index (χ0) is 14.9. The molecule has 0 saturated carbocycles. The lowest BCUT2D eigenvalue weighted by Crippen LogP contribution is -2.39. The predicted octanol–water partition coefficient (Wildman–Crippen LogP) is 2.23. The molecule has 1 heterocycles. The van der Waals surface area contributed by atoms with Crippen LogP contribution in [0.4, 0.5) is 5.69 Å². The number of nitrogens with two attached hydrogens (primary N) is 1. The molecular formula is C14H22N2O3S. The summed E-state index contributed by atoms with van der Waals surface area (Å²) in [4.78, 5) is 0.239. The Labute approximate surface area is 120 Å². The number of nitrogens with zero attached hydrogens (tertiary/aromatic N) is 1. The van der Waals surface area contributed by atoms with Crippen molar-refractivity contribution in [2.24, 2.45) is 0 Å². The quantitative estimate of drug-likeness (QED) is 0.865. The van der Waals surface area contributed by atoms with Crippen molar-refractivity contribution in [3.8, 4) is 5.75 Å². The molecule has 0 amide bonds. The van der Waals surface area contributed by atoms with Crippen LogP contribution in [-0.4, -0.2) is 31.9 Å². The number of methoxy groups -OCH3 is 1. The molecule has 0 spiro atoms. The van der Waals surface area contributed by atoms with Gasteiger partial charge in [-0.15, -0.1) is 0 Å². The Morgan fingerprint density at radius 2 is 2.10 bits per heavy atom. The lowest BCUT2D eigenvalue weighted by atomic mass is 10.2. The van der Waals surface area contributed by atoms with Gasteiger partial charge in [0.15, 0.2) is 0 Å². The van der Waals surface area contributed by atoms with Gasteiger partial charge >= 0.3 is 0 Å². The molecule has 6 heteroatoms. The molecule has 2 N–H and O–H groups in total. The topological polar surface area (TPSA) is 72.6 Å². The van der Waals surface area contributed by atoms with E-state index in [2.05, 4.69) is 0 Å². The van der Waals surface area contributed by atoms with E-state index in [1.165, 1.54) is 13.2 Å². The first-order chi connectivity index (χ1) is 9.41. The van der Waals surface area contributed by atoms with Crippen molar-refractivity contribution in [2.45, 2.75) is 50.1 Å². The predicted molar refractivity (Wildman–Crippen MR) is 79.2 cm³/mol. The number of rotatable bonds is 4. The number of nitrogen functional groups attached to an aromatic ring is 1. The summed E-state index contributed by atoms with van der Waals surface area (Å²) in [6.07, 6.45) is 2.65. The van der Waals surface area contributed by atoms with Crippen LogP contribution in [0.2, 0.25) is 0 Å². The Balaban J connectivity index is 2.42. The number of hydrogen-bond donors (Lipinski definition) is 1. The number of sulfonamides is 1. The van der Waals surface area contributed by atoms with E-state index in [1.54, 1.807) is 16.4 Å². The summed E-state index contributed by atoms with van der Waals surface area (Å²) in [6.45, 7) is 3.98. The van der Waals surface area contributed by atoms with E-state index in [4.69, 9.17) is 10.5 Å². The van der Waals surface area contributed by atoms with Gasteiger partial charge in [-0.05, 0) is 44.4 Å². The first-order valence-electron chi connectivity index (χ1n) is 6.88. The molecule has 1 saturated heterocycles. The fourth-order valence-electron chi connectivity index (χ4n) is 2.86. The fraction of sp³-hybridized carbons (Fsp3) is 0.571. The molecule has 1 aliphatic rings. The third kappa shape index (κ3) is 2.50. The van der Waals surface area contributed by atoms with Crippen LogP contribution in [0.15, 0.2) is 23.1 Å². The third-order valence-corrected chi connectivity index (χ3v) is 6.02. The largest absolute Gasteiger partial charge is 0.495 e. The van der Waals surface area contributed by atoms with E-state index in [9.17, 15) is 8.42 Å². The van der Waals surface area contributed by atoms with Crippen LogP contribution in [0.3, 0.4) is 0 Å². The molecule has 20 heavy (non-hydrogen) atoms. The molecule has 1 aliphatic heterocycles. The minimum absolute atomic E-state index is 0.0354. The van der Waals surface area contributed by atoms with Crippen molar-refractivity contribution in [1.29, 1.82) is 0 Å². The molecule has 0 radical (unpaired) electrons. The molecule has 5 nitrogen and oxygen atoms in total. The van der Waals surface area contributed by atoms with Gasteiger partial charge in [0.05, 0.1) is 17.7 Å². The monoisotopic (exact) mass is 298 g/mol. The molecule has 0 bridgehead atoms. The first kappa shape index (κ1) is 15.1. The van der Waals surface area contributed by atoms with Crippen molar-refractivity contribution < 1.29 is 13.2 Å². The molecular weight excluding hydrogens is 276 g/mol. The minimum Gasteiger partial charge on any atom is -0.495 e. The third-order valence-electron chi connectivity index (χ3n) is 3.96. The standard InChI is InChI=1S/C14H22N2O3S/c1-4-11-6-5-10(2)16(11)20(17,18)12-7-8-14(19-3)13(15)9-12/h7-11H,4-6,15H2,1-3H3. The zero-order valence-electron chi connectivity index (χ0n) is 12.2. The van der Waals surface area contributed by atoms with Crippen LogP contribution in [0, 0.1) is 0 Å². The Hall–Kier alpha value is -1.27. The first-order valence-corrected chi connectivity index (χ1v) is 8.32. The summed E-state index contributed by atoms with van der Waals surface area (Å²) in [6, 6.07) is 4.75. The van der Waals surface area contributed by atoms with Gasteiger partial charge in [-0.3, -0.25) is 0 Å². The second kappa shape index (κ2) is 5.61. The van der Waals surface area contributed by atoms with Crippen molar-refractivity contribution in [3.63, 3.8) is 0 Å². The van der Waals surface area contributed by atoms with E-state index < -0.39 is 10.0 Å². The second-order valence-corrected chi connectivity index (χ2v) is 7.07. The van der Waals surface area contributed by atoms with Crippen LogP contribution >= 0.6 is 0 Å². The van der Waals surface area contributed by atoms with E-state index in [0.29, 0.717) is 11.4 Å². The van der Waals surface area contributed by atoms with Gasteiger partial charge < -0.3 is 10.5 Å². The lowest BCUT2D eigenvalue weighted by molar-refractivity contribution is 0.328. The highest BCUT2D eigenvalue weighted by atomic mass is 32.2. The van der Waals surface area contributed by atoms with E-state index >= 15 is 0 Å². The Morgan fingerprint density at radius 1 is 1.40 bits per heavy atom. The SMILES string of the molecule is CCC1CCC(C)N1S(=O)(=O)c1ccc(OC)c(N)c1. The summed E-state index contributed by atoms with van der Waals surface area (Å²) in [5, 5.41) is 0. The molecule has 2 rings (SSSR count). The van der Waals surface area contributed by atoms with Gasteiger partial charge in [0.25, 0.3) is 0 Å². The summed E-state index contributed by atoms with van der Waals surface area (Å²) in [7, 11) is -1.99. The summed E-state index contributed by atoms with van der Waals surface area (Å²) < 4.78 is 32.3. The zero-order valence-corrected chi connectivity index (χ0v) is 13.0. The van der Waals surface area contributed by atoms with Gasteiger partial charge in [-0.2, -0.15) is 4.31 Å². The van der Waals surface area contributed by atoms with E-state index in [-0.39, 0.29) is 17.0 Å². The van der Waals surface area contributed by atoms with Crippen LogP contribution in [-0.2, 0) is 10.0 Å². The molecule has 112 valence electrons. The normalized spacial score (nSPS) is 23.9. The Bertz CT molecular complexity index is 586. The van der Waals surface area contributed by atoms with Crippen molar-refractivity contribution in [3.05, 3.63) is 18.2 Å². The molecule has 1 aromatic carbocycles. The van der Waals surface area contributed by atoms with E-state index in [1.807, 2.05) is 13.8 Å². The highest BCUT2D eigenvalue weighted by Crippen LogP contribution is 2.34. The molecule has 1 fully saturated rings. The van der Waals surface area contributed by atoms with Gasteiger partial charge in [0.1, 0.15) is 5.75 Å². The van der Waals surface area contributed by atoms with Crippen LogP contribution in [0.5, 0.6) is 5.75 Å². The molecule has 2 atom stereocenters. The van der Waals surface area contributed by atoms with Crippen LogP contribution in [0.1, 0.15) is 33.1 Å². The van der Waals surface area contributed by atoms with Gasteiger partial charge in [-0.25, -0.2) is 8.42 Å². The number of hydrogen-bond acceptors (Lipinski definition) is 4. The smallest absolute Gasteiger partial charge is 0.243 e. The summed E-state index contributed by atoms with van der Waals surface area (Å²) in [5.74, 6) is 0.491. The summed E-state index contributed by atoms with van der Waals surface area (Å²) >= 11 is 0. The minimum atomic E-state index is -3.50. The molecule has 2 unspecified atom stereocenters. The summed E-state index contributed by atoms with van der Waals surface area (Å²) in [5.41, 5.74) is 6.16. The average molecular weight is 298 g/mol. The maximum atomic E-state index is 12.8. The maximum absolute atomic E-state index is 12.8. The van der Waals surface area contributed by atoms with Gasteiger partial charge in [0, 0.05) is 12.1 Å². The Morgan fingerprint density at radius 3 is 2.65 bits per heavy atom. The number of benzene rings is 1. The van der Waals surface area contributed by atoms with Gasteiger partial charge in [-0.1, -0.05) is 6.92 Å². The second-order valence-electron chi connectivity index (χ2n) is 5.23. The van der Waals surface area contributed by atoms with E-state index in [0.717, 1.165) is 19.3 Å². The van der Waals surface area contributed by atoms with Crippen molar-refractivity contribution >= 4 is 15.7 Å². The molecule has 0 aromatic heterocycles. The van der Waals surface area contributed by atoms with Crippen LogP contribution < -0.4 is 10.5 Å². The average Bonchev–Trinajstić information content (AvgIpc) is 2.80. The Kier molecular flexibility index (Phi) is 4.25. The number of anilines is 1. The molecule has 1 aromatic rings. The van der Waals surface area contributed by atoms with Crippen LogP contribution in [0.25, 0.3) is 0 Å². The lowest BCUT2D eigenvalue weighted by Gasteiger charge is -2.27. The maximum Gasteiger partial charge on any atom is 0.243 e. The van der Waals surface area contributed by atoms with Crippen molar-refractivity contribution in [2.75, 3.05) is 12.8 Å².